The number of hydrogen-bond donors (Lipinski definition) is 1. The van der Waals surface area contributed by atoms with Gasteiger partial charge in [0.2, 0.25) is 0 Å². The van der Waals surface area contributed by atoms with Crippen LogP contribution in [0.15, 0.2) is 36.4 Å². The summed E-state index contributed by atoms with van der Waals surface area (Å²) in [4.78, 5) is 12.4. The Morgan fingerprint density at radius 2 is 1.52 bits per heavy atom. The van der Waals surface area contributed by atoms with Gasteiger partial charge in [0.15, 0.2) is 0 Å². The van der Waals surface area contributed by atoms with E-state index in [9.17, 15) is 4.79 Å². The molecule has 2 aromatic carbocycles. The molecule has 0 aliphatic rings. The van der Waals surface area contributed by atoms with Gasteiger partial charge in [0.1, 0.15) is 11.5 Å². The Kier molecular flexibility index (Phi) is 4.94. The monoisotopic (exact) mass is 325 g/mol. The zero-order valence-corrected chi connectivity index (χ0v) is 13.0. The van der Waals surface area contributed by atoms with Gasteiger partial charge in [-0.3, -0.25) is 4.79 Å². The summed E-state index contributed by atoms with van der Waals surface area (Å²) in [5.41, 5.74) is 0.795. The van der Waals surface area contributed by atoms with Gasteiger partial charge in [-0.25, -0.2) is 0 Å². The van der Waals surface area contributed by atoms with Gasteiger partial charge in [0.25, 0.3) is 5.91 Å². The van der Waals surface area contributed by atoms with E-state index in [4.69, 9.17) is 32.7 Å². The maximum Gasteiger partial charge on any atom is 0.259 e. The highest BCUT2D eigenvalue weighted by Crippen LogP contribution is 2.29. The van der Waals surface area contributed by atoms with Crippen molar-refractivity contribution in [3.05, 3.63) is 52.0 Å². The Hall–Kier alpha value is -1.91. The molecule has 110 valence electrons. The Labute approximate surface area is 132 Å². The van der Waals surface area contributed by atoms with E-state index in [1.54, 1.807) is 30.3 Å². The van der Waals surface area contributed by atoms with Gasteiger partial charge in [0.05, 0.1) is 25.5 Å². The van der Waals surface area contributed by atoms with Crippen LogP contribution in [0.25, 0.3) is 0 Å². The lowest BCUT2D eigenvalue weighted by atomic mass is 10.1. The molecular formula is C15H13Cl2NO3. The maximum atomic E-state index is 12.4. The molecule has 1 amide bonds. The third kappa shape index (κ3) is 3.60. The summed E-state index contributed by atoms with van der Waals surface area (Å²) >= 11 is 11.9. The molecule has 0 saturated carbocycles. The lowest BCUT2D eigenvalue weighted by Crippen LogP contribution is -2.14. The van der Waals surface area contributed by atoms with Crippen molar-refractivity contribution in [1.29, 1.82) is 0 Å². The molecule has 0 aliphatic heterocycles. The molecule has 6 heteroatoms. The van der Waals surface area contributed by atoms with Gasteiger partial charge in [-0.2, -0.15) is 0 Å². The van der Waals surface area contributed by atoms with E-state index in [-0.39, 0.29) is 5.91 Å². The molecule has 0 radical (unpaired) electrons. The quantitative estimate of drug-likeness (QED) is 0.913. The van der Waals surface area contributed by atoms with Crippen molar-refractivity contribution in [3.63, 3.8) is 0 Å². The lowest BCUT2D eigenvalue weighted by molar-refractivity contribution is 0.102. The number of nitrogens with one attached hydrogen (secondary N) is 1. The first-order valence-electron chi connectivity index (χ1n) is 6.03. The topological polar surface area (TPSA) is 47.6 Å². The van der Waals surface area contributed by atoms with Crippen LogP contribution >= 0.6 is 23.2 Å². The number of amides is 1. The third-order valence-electron chi connectivity index (χ3n) is 2.82. The smallest absolute Gasteiger partial charge is 0.259 e. The first kappa shape index (κ1) is 15.5. The van der Waals surface area contributed by atoms with E-state index in [1.165, 1.54) is 20.3 Å². The van der Waals surface area contributed by atoms with Crippen LogP contribution in [0, 0.1) is 0 Å². The number of anilines is 1. The van der Waals surface area contributed by atoms with Gasteiger partial charge in [-0.05, 0) is 36.4 Å². The largest absolute Gasteiger partial charge is 0.496 e. The van der Waals surface area contributed by atoms with Crippen molar-refractivity contribution in [2.75, 3.05) is 19.5 Å². The normalized spacial score (nSPS) is 10.1. The third-order valence-corrected chi connectivity index (χ3v) is 3.29. The van der Waals surface area contributed by atoms with Crippen molar-refractivity contribution in [2.45, 2.75) is 0 Å². The number of methoxy groups -OCH3 is 2. The van der Waals surface area contributed by atoms with Crippen LogP contribution in [0.4, 0.5) is 5.69 Å². The van der Waals surface area contributed by atoms with Crippen LogP contribution < -0.4 is 14.8 Å². The average molecular weight is 326 g/mol. The lowest BCUT2D eigenvalue weighted by Gasteiger charge is -2.12. The molecule has 21 heavy (non-hydrogen) atoms. The second-order valence-corrected chi connectivity index (χ2v) is 5.02. The van der Waals surface area contributed by atoms with E-state index in [1.807, 2.05) is 0 Å². The summed E-state index contributed by atoms with van der Waals surface area (Å²) in [6.07, 6.45) is 0. The summed E-state index contributed by atoms with van der Waals surface area (Å²) in [7, 11) is 3.00. The molecule has 0 bridgehead atoms. The predicted molar refractivity (Wildman–Crippen MR) is 84.0 cm³/mol. The zero-order chi connectivity index (χ0) is 15.4. The molecule has 2 aromatic rings. The standard InChI is InChI=1S/C15H13Cl2NO3/c1-20-13-5-3-9(16)7-11(13)15(19)18-12-8-10(17)4-6-14(12)21-2/h3-8H,1-2H3,(H,18,19). The molecule has 0 aliphatic carbocycles. The number of rotatable bonds is 4. The predicted octanol–water partition coefficient (Wildman–Crippen LogP) is 4.26. The molecule has 2 rings (SSSR count). The molecule has 0 spiro atoms. The highest BCUT2D eigenvalue weighted by atomic mass is 35.5. The van der Waals surface area contributed by atoms with Crippen molar-refractivity contribution >= 4 is 34.8 Å². The molecule has 0 heterocycles. The fourth-order valence-electron chi connectivity index (χ4n) is 1.83. The number of halogens is 2. The summed E-state index contributed by atoms with van der Waals surface area (Å²) in [6.45, 7) is 0. The van der Waals surface area contributed by atoms with E-state index < -0.39 is 0 Å². The van der Waals surface area contributed by atoms with Gasteiger partial charge in [-0.1, -0.05) is 23.2 Å². The summed E-state index contributed by atoms with van der Waals surface area (Å²) in [5, 5.41) is 3.67. The second kappa shape index (κ2) is 6.70. The summed E-state index contributed by atoms with van der Waals surface area (Å²) in [5.74, 6) is 0.571. The second-order valence-electron chi connectivity index (χ2n) is 4.14. The van der Waals surface area contributed by atoms with Crippen molar-refractivity contribution in [1.82, 2.24) is 0 Å². The number of carbonyl (C=O) groups excluding carboxylic acids is 1. The van der Waals surface area contributed by atoms with Crippen molar-refractivity contribution in [3.8, 4) is 11.5 Å². The summed E-state index contributed by atoms with van der Waals surface area (Å²) in [6, 6.07) is 9.77. The summed E-state index contributed by atoms with van der Waals surface area (Å²) < 4.78 is 10.3. The Bertz CT molecular complexity index is 674. The fraction of sp³-hybridized carbons (Fsp3) is 0.133. The van der Waals surface area contributed by atoms with E-state index in [2.05, 4.69) is 5.32 Å². The SMILES string of the molecule is COc1ccc(Cl)cc1NC(=O)c1cc(Cl)ccc1OC. The maximum absolute atomic E-state index is 12.4. The van der Waals surface area contributed by atoms with Crippen molar-refractivity contribution < 1.29 is 14.3 Å². The molecule has 1 N–H and O–H groups in total. The minimum Gasteiger partial charge on any atom is -0.496 e. The van der Waals surface area contributed by atoms with Crippen molar-refractivity contribution in [2.24, 2.45) is 0 Å². The van der Waals surface area contributed by atoms with Gasteiger partial charge >= 0.3 is 0 Å². The van der Waals surface area contributed by atoms with Crippen LogP contribution in [-0.2, 0) is 0 Å². The van der Waals surface area contributed by atoms with Crippen LogP contribution in [0.5, 0.6) is 11.5 Å². The van der Waals surface area contributed by atoms with E-state index in [0.29, 0.717) is 32.8 Å². The molecule has 0 atom stereocenters. The molecule has 4 nitrogen and oxygen atoms in total. The van der Waals surface area contributed by atoms with Crippen LogP contribution in [0.1, 0.15) is 10.4 Å². The van der Waals surface area contributed by atoms with Crippen LogP contribution in [0.3, 0.4) is 0 Å². The number of ether oxygens (including phenoxy) is 2. The Morgan fingerprint density at radius 3 is 2.14 bits per heavy atom. The average Bonchev–Trinajstić information content (AvgIpc) is 2.47. The van der Waals surface area contributed by atoms with Gasteiger partial charge in [0, 0.05) is 10.0 Å². The molecule has 0 fully saturated rings. The molecule has 0 saturated heterocycles. The molecule has 0 unspecified atom stereocenters. The highest BCUT2D eigenvalue weighted by Gasteiger charge is 2.15. The van der Waals surface area contributed by atoms with E-state index in [0.717, 1.165) is 0 Å². The minimum absolute atomic E-state index is 0.326. The van der Waals surface area contributed by atoms with Gasteiger partial charge in [-0.15, -0.1) is 0 Å². The minimum atomic E-state index is -0.366. The highest BCUT2D eigenvalue weighted by molar-refractivity contribution is 6.31. The van der Waals surface area contributed by atoms with Crippen LogP contribution in [0.2, 0.25) is 10.0 Å². The fourth-order valence-corrected chi connectivity index (χ4v) is 2.17. The first-order chi connectivity index (χ1) is 10.0. The number of benzene rings is 2. The van der Waals surface area contributed by atoms with E-state index >= 15 is 0 Å². The number of hydrogen-bond acceptors (Lipinski definition) is 3. The van der Waals surface area contributed by atoms with Gasteiger partial charge < -0.3 is 14.8 Å². The number of carbonyl (C=O) groups is 1. The molecular weight excluding hydrogens is 313 g/mol. The Balaban J connectivity index is 2.34. The zero-order valence-electron chi connectivity index (χ0n) is 11.4. The first-order valence-corrected chi connectivity index (χ1v) is 6.79. The molecule has 0 aromatic heterocycles. The van der Waals surface area contributed by atoms with Crippen LogP contribution in [-0.4, -0.2) is 20.1 Å². The Morgan fingerprint density at radius 1 is 0.952 bits per heavy atom.